The quantitative estimate of drug-likeness (QED) is 0.0150. The third-order valence-corrected chi connectivity index (χ3v) is 15.9. The van der Waals surface area contributed by atoms with Crippen LogP contribution >= 0.6 is 0 Å². The molecule has 0 aliphatic heterocycles. The number of hydrogen-bond acceptors (Lipinski definition) is 14. The van der Waals surface area contributed by atoms with Crippen LogP contribution in [0.5, 0.6) is 0 Å². The van der Waals surface area contributed by atoms with Crippen molar-refractivity contribution in [2.75, 3.05) is 26.4 Å². The smallest absolute Gasteiger partial charge is 0.744 e. The standard InChI is InChI=1S/2C34H54O7S.Ca/c2*1-3-5-7-9-11-13-15-17-19-21-23-27-40-33(35)31-26-25-30(42(37,38)39)29-32(31)34(36)41-28-24-22-20-18-16-14-12-10-8-6-4-2;/h2*21-26,29H,3-20,27-28H2,1-2H3,(H,37,38,39);/q;;+2/p-2/b2*23-21+,24-22+;. The molecule has 0 bridgehead atoms. The summed E-state index contributed by atoms with van der Waals surface area (Å²) in [5.74, 6) is -3.37. The van der Waals surface area contributed by atoms with Crippen molar-refractivity contribution >= 4 is 81.9 Å². The van der Waals surface area contributed by atoms with Gasteiger partial charge in [-0.05, 0) is 87.8 Å². The average Bonchev–Trinajstić information content (AvgIpc) is 3.68. The maximum absolute atomic E-state index is 12.7. The number of allylic oxidation sites excluding steroid dienone is 4. The van der Waals surface area contributed by atoms with Gasteiger partial charge in [-0.1, -0.05) is 256 Å². The van der Waals surface area contributed by atoms with Crippen molar-refractivity contribution in [3.05, 3.63) is 107 Å². The minimum Gasteiger partial charge on any atom is -0.744 e. The molecule has 0 atom stereocenters. The molecule has 476 valence electrons. The van der Waals surface area contributed by atoms with Crippen LogP contribution < -0.4 is 0 Å². The van der Waals surface area contributed by atoms with Crippen molar-refractivity contribution in [2.45, 2.75) is 269 Å². The van der Waals surface area contributed by atoms with E-state index < -0.39 is 53.9 Å². The molecular weight excluding hydrogens is 1140 g/mol. The molecule has 14 nitrogen and oxygen atoms in total. The van der Waals surface area contributed by atoms with Gasteiger partial charge in [0.25, 0.3) is 0 Å². The third kappa shape index (κ3) is 43.6. The first kappa shape index (κ1) is 81.4. The fourth-order valence-electron chi connectivity index (χ4n) is 9.19. The molecule has 0 aliphatic rings. The van der Waals surface area contributed by atoms with Crippen LogP contribution in [-0.4, -0.2) is 114 Å². The summed E-state index contributed by atoms with van der Waals surface area (Å²) < 4.78 is 90.1. The molecule has 0 aromatic heterocycles. The molecule has 0 radical (unpaired) electrons. The Balaban J connectivity index is 0.00000164. The Labute approximate surface area is 544 Å². The summed E-state index contributed by atoms with van der Waals surface area (Å²) in [4.78, 5) is 49.6. The molecular formula is C68H106CaO14S2. The molecule has 0 heterocycles. The second-order valence-electron chi connectivity index (χ2n) is 21.7. The van der Waals surface area contributed by atoms with Gasteiger partial charge >= 0.3 is 61.6 Å². The summed E-state index contributed by atoms with van der Waals surface area (Å²) in [7, 11) is -9.65. The first-order chi connectivity index (χ1) is 40.6. The van der Waals surface area contributed by atoms with Gasteiger partial charge in [-0.15, -0.1) is 0 Å². The molecule has 0 spiro atoms. The van der Waals surface area contributed by atoms with E-state index in [0.29, 0.717) is 0 Å². The predicted molar refractivity (Wildman–Crippen MR) is 341 cm³/mol. The fraction of sp³-hybridized carbons (Fsp3) is 0.647. The zero-order chi connectivity index (χ0) is 61.8. The number of esters is 4. The maximum Gasteiger partial charge on any atom is 2.00 e. The summed E-state index contributed by atoms with van der Waals surface area (Å²) in [5.41, 5.74) is -0.911. The van der Waals surface area contributed by atoms with Crippen LogP contribution in [0.3, 0.4) is 0 Å². The van der Waals surface area contributed by atoms with Crippen molar-refractivity contribution in [1.29, 1.82) is 0 Å². The van der Waals surface area contributed by atoms with E-state index in [0.717, 1.165) is 101 Å². The molecule has 0 aliphatic carbocycles. The first-order valence-corrected chi connectivity index (χ1v) is 34.9. The van der Waals surface area contributed by atoms with Crippen molar-refractivity contribution in [2.24, 2.45) is 0 Å². The van der Waals surface area contributed by atoms with Gasteiger partial charge in [0.05, 0.1) is 32.0 Å². The number of carbonyl (C=O) groups is 4. The summed E-state index contributed by atoms with van der Waals surface area (Å²) in [5, 5.41) is 0. The van der Waals surface area contributed by atoms with Crippen LogP contribution in [0.1, 0.15) is 300 Å². The molecule has 2 aromatic carbocycles. The van der Waals surface area contributed by atoms with Crippen LogP contribution in [0.2, 0.25) is 0 Å². The minimum atomic E-state index is -4.82. The summed E-state index contributed by atoms with van der Waals surface area (Å²) >= 11 is 0. The molecule has 0 unspecified atom stereocenters. The van der Waals surface area contributed by atoms with Gasteiger partial charge in [-0.2, -0.15) is 0 Å². The number of benzene rings is 2. The van der Waals surface area contributed by atoms with Crippen LogP contribution in [0.25, 0.3) is 0 Å². The van der Waals surface area contributed by atoms with Gasteiger partial charge < -0.3 is 28.1 Å². The zero-order valence-electron chi connectivity index (χ0n) is 52.6. The maximum atomic E-state index is 12.7. The van der Waals surface area contributed by atoms with Gasteiger partial charge in [0.15, 0.2) is 0 Å². The van der Waals surface area contributed by atoms with Crippen LogP contribution in [0.4, 0.5) is 0 Å². The van der Waals surface area contributed by atoms with Gasteiger partial charge in [0, 0.05) is 0 Å². The second-order valence-corrected chi connectivity index (χ2v) is 24.4. The summed E-state index contributed by atoms with van der Waals surface area (Å²) in [6.45, 7) is 8.84. The van der Waals surface area contributed by atoms with E-state index in [-0.39, 0.29) is 86.4 Å². The monoisotopic (exact) mass is 1250 g/mol. The minimum absolute atomic E-state index is 0. The number of ether oxygens (including phenoxy) is 4. The van der Waals surface area contributed by atoms with Gasteiger partial charge in [-0.25, -0.2) is 36.0 Å². The second kappa shape index (κ2) is 54.5. The topological polar surface area (TPSA) is 220 Å². The van der Waals surface area contributed by atoms with Crippen molar-refractivity contribution < 1.29 is 64.1 Å². The van der Waals surface area contributed by atoms with Crippen molar-refractivity contribution in [3.63, 3.8) is 0 Å². The van der Waals surface area contributed by atoms with Crippen LogP contribution in [-0.2, 0) is 39.2 Å². The van der Waals surface area contributed by atoms with E-state index >= 15 is 0 Å². The molecule has 0 saturated carbocycles. The van der Waals surface area contributed by atoms with E-state index in [4.69, 9.17) is 18.9 Å². The summed E-state index contributed by atoms with van der Waals surface area (Å²) in [6.07, 6.45) is 57.9. The van der Waals surface area contributed by atoms with Gasteiger partial charge in [-0.3, -0.25) is 0 Å². The van der Waals surface area contributed by atoms with E-state index in [9.17, 15) is 45.1 Å². The van der Waals surface area contributed by atoms with Crippen molar-refractivity contribution in [3.8, 4) is 0 Å². The Morgan fingerprint density at radius 2 is 0.518 bits per heavy atom. The predicted octanol–water partition coefficient (Wildman–Crippen LogP) is 17.8. The largest absolute Gasteiger partial charge is 2.00 e. The summed E-state index contributed by atoms with van der Waals surface area (Å²) in [6, 6.07) is 5.99. The third-order valence-electron chi connectivity index (χ3n) is 14.2. The Hall–Kier alpha value is -3.64. The van der Waals surface area contributed by atoms with E-state index in [1.807, 2.05) is 24.3 Å². The molecule has 2 aromatic rings. The van der Waals surface area contributed by atoms with E-state index in [2.05, 4.69) is 27.7 Å². The normalized spacial score (nSPS) is 11.7. The molecule has 0 fully saturated rings. The Morgan fingerprint density at radius 1 is 0.318 bits per heavy atom. The molecule has 17 heteroatoms. The van der Waals surface area contributed by atoms with Crippen LogP contribution in [0.15, 0.2) is 94.8 Å². The molecule has 0 amide bonds. The first-order valence-electron chi connectivity index (χ1n) is 32.1. The number of rotatable bonds is 50. The Morgan fingerprint density at radius 3 is 0.729 bits per heavy atom. The Bertz CT molecular complexity index is 2260. The molecule has 2 rings (SSSR count). The average molecular weight is 1250 g/mol. The van der Waals surface area contributed by atoms with Gasteiger partial charge in [0.1, 0.15) is 46.7 Å². The van der Waals surface area contributed by atoms with Crippen molar-refractivity contribution in [1.82, 2.24) is 0 Å². The Kier molecular flexibility index (Phi) is 52.2. The zero-order valence-corrected chi connectivity index (χ0v) is 56.4. The molecule has 0 saturated heterocycles. The fourth-order valence-corrected chi connectivity index (χ4v) is 10.2. The van der Waals surface area contributed by atoms with E-state index in [1.165, 1.54) is 167 Å². The number of unbranched alkanes of at least 4 members (excludes halogenated alkanes) is 32. The molecule has 0 N–H and O–H groups in total. The SMILES string of the molecule is CCCCCCCCCC/C=C/COC(=O)c1ccc(S(=O)(=O)[O-])cc1C(=O)OC/C=C/CCCCCCCCCC.CCCCCCCCCC/C=C/COC(=O)c1ccc(S(=O)(=O)[O-])cc1C(=O)OC/C=C/CCCCCCCCCC.[Ca+2]. The van der Waals surface area contributed by atoms with Gasteiger partial charge in [0.2, 0.25) is 0 Å². The number of carbonyl (C=O) groups excluding carboxylic acids is 4. The van der Waals surface area contributed by atoms with E-state index in [1.54, 1.807) is 24.3 Å². The van der Waals surface area contributed by atoms with Crippen LogP contribution in [0, 0.1) is 0 Å². The molecule has 85 heavy (non-hydrogen) atoms. The number of hydrogen-bond donors (Lipinski definition) is 0.